The lowest BCUT2D eigenvalue weighted by molar-refractivity contribution is 0.102. The van der Waals surface area contributed by atoms with Crippen molar-refractivity contribution >= 4 is 34.3 Å². The molecule has 0 aliphatic carbocycles. The highest BCUT2D eigenvalue weighted by Crippen LogP contribution is 2.13. The molecule has 17 heavy (non-hydrogen) atoms. The van der Waals surface area contributed by atoms with Gasteiger partial charge in [-0.15, -0.1) is 0 Å². The first-order chi connectivity index (χ1) is 8.16. The fourth-order valence-electron chi connectivity index (χ4n) is 1.26. The van der Waals surface area contributed by atoms with E-state index in [0.717, 1.165) is 0 Å². The molecular formula is C12H8FIN2O. The topological polar surface area (TPSA) is 42.0 Å². The first kappa shape index (κ1) is 12.0. The summed E-state index contributed by atoms with van der Waals surface area (Å²) in [5.41, 5.74) is 0.272. The fraction of sp³-hybridized carbons (Fsp3) is 0. The number of amides is 1. The van der Waals surface area contributed by atoms with Gasteiger partial charge in [0.25, 0.3) is 5.91 Å². The number of hydrogen-bond donors (Lipinski definition) is 1. The molecule has 0 unspecified atom stereocenters. The smallest absolute Gasteiger partial charge is 0.256 e. The molecule has 1 aromatic heterocycles. The van der Waals surface area contributed by atoms with Crippen LogP contribution in [0.5, 0.6) is 0 Å². The molecule has 1 N–H and O–H groups in total. The second kappa shape index (κ2) is 5.22. The van der Waals surface area contributed by atoms with Gasteiger partial charge in [0.05, 0.1) is 0 Å². The van der Waals surface area contributed by atoms with Gasteiger partial charge in [-0.2, -0.15) is 0 Å². The quantitative estimate of drug-likeness (QED) is 0.853. The maximum absolute atomic E-state index is 13.3. The number of benzene rings is 1. The van der Waals surface area contributed by atoms with Crippen LogP contribution in [-0.4, -0.2) is 10.9 Å². The number of pyridine rings is 1. The number of nitrogens with one attached hydrogen (secondary N) is 1. The molecule has 2 aromatic rings. The Kier molecular flexibility index (Phi) is 3.68. The summed E-state index contributed by atoms with van der Waals surface area (Å²) in [5, 5.41) is 2.59. The Bertz CT molecular complexity index is 545. The van der Waals surface area contributed by atoms with E-state index < -0.39 is 5.82 Å². The second-order valence-corrected chi connectivity index (χ2v) is 4.46. The fourth-order valence-corrected chi connectivity index (χ4v) is 1.60. The zero-order chi connectivity index (χ0) is 12.3. The third-order valence-corrected chi connectivity index (χ3v) is 2.96. The SMILES string of the molecule is O=C(Nc1ccccn1)c1ccc(I)c(F)c1. The lowest BCUT2D eigenvalue weighted by Crippen LogP contribution is -2.13. The average molecular weight is 342 g/mol. The van der Waals surface area contributed by atoms with Crippen molar-refractivity contribution in [2.24, 2.45) is 0 Å². The summed E-state index contributed by atoms with van der Waals surface area (Å²) >= 11 is 1.87. The van der Waals surface area contributed by atoms with E-state index in [-0.39, 0.29) is 11.5 Å². The molecule has 0 saturated heterocycles. The summed E-state index contributed by atoms with van der Waals surface area (Å²) in [5.74, 6) is -0.338. The van der Waals surface area contributed by atoms with Gasteiger partial charge >= 0.3 is 0 Å². The summed E-state index contributed by atoms with van der Waals surface area (Å²) < 4.78 is 13.8. The van der Waals surface area contributed by atoms with Crippen LogP contribution in [0, 0.1) is 9.39 Å². The van der Waals surface area contributed by atoms with Crippen molar-refractivity contribution in [2.75, 3.05) is 5.32 Å². The van der Waals surface area contributed by atoms with Gasteiger partial charge in [0.1, 0.15) is 11.6 Å². The minimum Gasteiger partial charge on any atom is -0.307 e. The summed E-state index contributed by atoms with van der Waals surface area (Å²) in [6.07, 6.45) is 1.57. The van der Waals surface area contributed by atoms with Gasteiger partial charge < -0.3 is 5.32 Å². The molecule has 0 radical (unpaired) electrons. The normalized spacial score (nSPS) is 10.0. The molecule has 0 aliphatic rings. The van der Waals surface area contributed by atoms with E-state index in [9.17, 15) is 9.18 Å². The largest absolute Gasteiger partial charge is 0.307 e. The highest BCUT2D eigenvalue weighted by molar-refractivity contribution is 14.1. The van der Waals surface area contributed by atoms with Crippen LogP contribution in [0.3, 0.4) is 0 Å². The summed E-state index contributed by atoms with van der Waals surface area (Å²) in [7, 11) is 0. The Hall–Kier alpha value is -1.50. The first-order valence-corrected chi connectivity index (χ1v) is 5.92. The number of hydrogen-bond acceptors (Lipinski definition) is 2. The van der Waals surface area contributed by atoms with Gasteiger partial charge in [0.15, 0.2) is 0 Å². The van der Waals surface area contributed by atoms with Crippen molar-refractivity contribution in [3.8, 4) is 0 Å². The van der Waals surface area contributed by atoms with Crippen LogP contribution >= 0.6 is 22.6 Å². The van der Waals surface area contributed by atoms with Crippen molar-refractivity contribution in [1.82, 2.24) is 4.98 Å². The second-order valence-electron chi connectivity index (χ2n) is 3.30. The lowest BCUT2D eigenvalue weighted by Gasteiger charge is -2.04. The minimum atomic E-state index is -0.403. The van der Waals surface area contributed by atoms with Crippen molar-refractivity contribution in [3.05, 3.63) is 57.5 Å². The zero-order valence-electron chi connectivity index (χ0n) is 8.65. The first-order valence-electron chi connectivity index (χ1n) is 4.84. The highest BCUT2D eigenvalue weighted by atomic mass is 127. The van der Waals surface area contributed by atoms with E-state index in [1.165, 1.54) is 6.07 Å². The van der Waals surface area contributed by atoms with Gasteiger partial charge in [-0.25, -0.2) is 9.37 Å². The molecule has 0 spiro atoms. The Morgan fingerprint density at radius 3 is 2.76 bits per heavy atom. The summed E-state index contributed by atoms with van der Waals surface area (Å²) in [4.78, 5) is 15.7. The predicted octanol–water partition coefficient (Wildman–Crippen LogP) is 3.08. The van der Waals surface area contributed by atoms with Crippen LogP contribution in [0.2, 0.25) is 0 Å². The number of anilines is 1. The van der Waals surface area contributed by atoms with Gasteiger partial charge in [-0.3, -0.25) is 4.79 Å². The van der Waals surface area contributed by atoms with Crippen LogP contribution in [-0.2, 0) is 0 Å². The van der Waals surface area contributed by atoms with E-state index >= 15 is 0 Å². The number of aromatic nitrogens is 1. The van der Waals surface area contributed by atoms with Gasteiger partial charge in [0.2, 0.25) is 0 Å². The zero-order valence-corrected chi connectivity index (χ0v) is 10.8. The maximum atomic E-state index is 13.3. The van der Waals surface area contributed by atoms with Crippen molar-refractivity contribution in [3.63, 3.8) is 0 Å². The molecule has 3 nitrogen and oxygen atoms in total. The molecule has 1 amide bonds. The standard InChI is InChI=1S/C12H8FIN2O/c13-9-7-8(4-5-10(9)14)12(17)16-11-3-1-2-6-15-11/h1-7H,(H,15,16,17). The molecule has 1 aromatic carbocycles. The number of rotatable bonds is 2. The molecule has 0 aliphatic heterocycles. The molecule has 0 saturated carbocycles. The minimum absolute atomic E-state index is 0.272. The van der Waals surface area contributed by atoms with Gasteiger partial charge in [0, 0.05) is 15.3 Å². The number of halogens is 2. The van der Waals surface area contributed by atoms with Crippen LogP contribution in [0.25, 0.3) is 0 Å². The number of carbonyl (C=O) groups excluding carboxylic acids is 1. The Labute approximate surface area is 111 Å². The number of carbonyl (C=O) groups is 1. The molecule has 5 heteroatoms. The van der Waals surface area contributed by atoms with E-state index in [0.29, 0.717) is 9.39 Å². The lowest BCUT2D eigenvalue weighted by atomic mass is 10.2. The molecular weight excluding hydrogens is 334 g/mol. The Morgan fingerprint density at radius 2 is 2.12 bits per heavy atom. The van der Waals surface area contributed by atoms with E-state index in [1.807, 2.05) is 22.6 Å². The Morgan fingerprint density at radius 1 is 1.29 bits per heavy atom. The van der Waals surface area contributed by atoms with E-state index in [4.69, 9.17) is 0 Å². The predicted molar refractivity (Wildman–Crippen MR) is 71.3 cm³/mol. The van der Waals surface area contributed by atoms with Crippen molar-refractivity contribution < 1.29 is 9.18 Å². The van der Waals surface area contributed by atoms with Gasteiger partial charge in [-0.1, -0.05) is 6.07 Å². The monoisotopic (exact) mass is 342 g/mol. The molecule has 86 valence electrons. The van der Waals surface area contributed by atoms with Crippen LogP contribution < -0.4 is 5.32 Å². The Balaban J connectivity index is 2.18. The summed E-state index contributed by atoms with van der Waals surface area (Å²) in [6, 6.07) is 9.52. The van der Waals surface area contributed by atoms with Crippen LogP contribution in [0.15, 0.2) is 42.6 Å². The van der Waals surface area contributed by atoms with E-state index in [2.05, 4.69) is 10.3 Å². The van der Waals surface area contributed by atoms with E-state index in [1.54, 1.807) is 36.5 Å². The average Bonchev–Trinajstić information content (AvgIpc) is 2.34. The number of nitrogens with zero attached hydrogens (tertiary/aromatic N) is 1. The van der Waals surface area contributed by atoms with Crippen molar-refractivity contribution in [1.29, 1.82) is 0 Å². The maximum Gasteiger partial charge on any atom is 0.256 e. The van der Waals surface area contributed by atoms with Gasteiger partial charge in [-0.05, 0) is 52.9 Å². The molecule has 0 fully saturated rings. The molecule has 0 bridgehead atoms. The van der Waals surface area contributed by atoms with Crippen LogP contribution in [0.4, 0.5) is 10.2 Å². The third kappa shape index (κ3) is 3.00. The molecule has 2 rings (SSSR count). The van der Waals surface area contributed by atoms with Crippen molar-refractivity contribution in [2.45, 2.75) is 0 Å². The third-order valence-electron chi connectivity index (χ3n) is 2.09. The van der Waals surface area contributed by atoms with Crippen LogP contribution in [0.1, 0.15) is 10.4 Å². The summed E-state index contributed by atoms with van der Waals surface area (Å²) in [6.45, 7) is 0. The molecule has 0 atom stereocenters. The molecule has 1 heterocycles. The highest BCUT2D eigenvalue weighted by Gasteiger charge is 2.09.